The molecule has 13 heavy (non-hydrogen) atoms. The SMILES string of the molecule is CCc1ccc(SC(N)=S)cc1.[NaH]. The summed E-state index contributed by atoms with van der Waals surface area (Å²) in [6.45, 7) is 2.13. The summed E-state index contributed by atoms with van der Waals surface area (Å²) in [6.07, 6.45) is 1.07. The van der Waals surface area contributed by atoms with Gasteiger partial charge in [-0.15, -0.1) is 0 Å². The molecule has 0 spiro atoms. The predicted molar refractivity (Wildman–Crippen MR) is 65.6 cm³/mol. The molecule has 0 radical (unpaired) electrons. The summed E-state index contributed by atoms with van der Waals surface area (Å²) < 4.78 is 0.472. The van der Waals surface area contributed by atoms with Crippen molar-refractivity contribution in [1.82, 2.24) is 0 Å². The molecule has 0 aliphatic rings. The molecule has 1 rings (SSSR count). The zero-order chi connectivity index (χ0) is 8.97. The van der Waals surface area contributed by atoms with Crippen LogP contribution in [0.25, 0.3) is 0 Å². The standard InChI is InChI=1S/C9H11NS2.Na.H/c1-2-7-3-5-8(6-4-7)12-9(10)11;;/h3-6H,2H2,1H3,(H2,10,11);;. The Morgan fingerprint density at radius 3 is 2.31 bits per heavy atom. The molecule has 0 bridgehead atoms. The van der Waals surface area contributed by atoms with E-state index in [4.69, 9.17) is 18.0 Å². The zero-order valence-corrected chi connectivity index (χ0v) is 8.54. The molecule has 1 nitrogen and oxygen atoms in total. The molecule has 0 amide bonds. The second kappa shape index (κ2) is 6.85. The van der Waals surface area contributed by atoms with Crippen molar-refractivity contribution >= 4 is 57.9 Å². The summed E-state index contributed by atoms with van der Waals surface area (Å²) in [5.41, 5.74) is 6.72. The fraction of sp³-hybridized carbons (Fsp3) is 0.222. The summed E-state index contributed by atoms with van der Waals surface area (Å²) >= 11 is 6.21. The van der Waals surface area contributed by atoms with Crippen LogP contribution in [0.2, 0.25) is 0 Å². The molecule has 2 N–H and O–H groups in total. The van der Waals surface area contributed by atoms with Gasteiger partial charge in [0, 0.05) is 4.90 Å². The van der Waals surface area contributed by atoms with Gasteiger partial charge in [-0.3, -0.25) is 0 Å². The van der Waals surface area contributed by atoms with Crippen molar-refractivity contribution in [3.05, 3.63) is 29.8 Å². The molecule has 0 aliphatic heterocycles. The first-order chi connectivity index (χ1) is 5.72. The summed E-state index contributed by atoms with van der Waals surface area (Å²) in [7, 11) is 0. The molecule has 0 aromatic heterocycles. The zero-order valence-electron chi connectivity index (χ0n) is 6.91. The average molecular weight is 221 g/mol. The molecule has 0 heterocycles. The quantitative estimate of drug-likeness (QED) is 0.469. The van der Waals surface area contributed by atoms with Gasteiger partial charge in [-0.05, 0) is 24.1 Å². The van der Waals surface area contributed by atoms with Crippen molar-refractivity contribution < 1.29 is 0 Å². The van der Waals surface area contributed by atoms with Crippen LogP contribution in [0.1, 0.15) is 12.5 Å². The van der Waals surface area contributed by atoms with E-state index < -0.39 is 0 Å². The number of hydrogen-bond donors (Lipinski definition) is 1. The van der Waals surface area contributed by atoms with Crippen LogP contribution in [-0.2, 0) is 6.42 Å². The number of benzene rings is 1. The van der Waals surface area contributed by atoms with Gasteiger partial charge in [0.2, 0.25) is 0 Å². The maximum absolute atomic E-state index is 5.39. The van der Waals surface area contributed by atoms with E-state index in [1.54, 1.807) is 0 Å². The van der Waals surface area contributed by atoms with E-state index in [1.165, 1.54) is 17.3 Å². The van der Waals surface area contributed by atoms with Crippen LogP contribution in [0.15, 0.2) is 29.2 Å². The van der Waals surface area contributed by atoms with Crippen molar-refractivity contribution in [2.75, 3.05) is 0 Å². The van der Waals surface area contributed by atoms with Gasteiger partial charge in [-0.1, -0.05) is 43.0 Å². The number of nitrogens with two attached hydrogens (primary N) is 1. The maximum atomic E-state index is 5.39. The van der Waals surface area contributed by atoms with Crippen LogP contribution >= 0.6 is 24.0 Å². The van der Waals surface area contributed by atoms with E-state index in [9.17, 15) is 0 Å². The predicted octanol–water partition coefficient (Wildman–Crippen LogP) is 1.94. The minimum atomic E-state index is 0. The summed E-state index contributed by atoms with van der Waals surface area (Å²) in [6, 6.07) is 8.28. The van der Waals surface area contributed by atoms with Crippen molar-refractivity contribution in [2.24, 2.45) is 5.73 Å². The Morgan fingerprint density at radius 1 is 1.38 bits per heavy atom. The van der Waals surface area contributed by atoms with E-state index in [-0.39, 0.29) is 29.6 Å². The molecule has 0 fully saturated rings. The van der Waals surface area contributed by atoms with Crippen LogP contribution in [0.4, 0.5) is 0 Å². The number of aryl methyl sites for hydroxylation is 1. The fourth-order valence-electron chi connectivity index (χ4n) is 0.909. The Balaban J connectivity index is 0.00000144. The van der Waals surface area contributed by atoms with Gasteiger partial charge < -0.3 is 5.73 Å². The van der Waals surface area contributed by atoms with Crippen LogP contribution in [0, 0.1) is 0 Å². The molecule has 1 aromatic rings. The number of thiocarbonyl (C=S) groups is 1. The van der Waals surface area contributed by atoms with Gasteiger partial charge in [0.05, 0.1) is 0 Å². The molecule has 0 atom stereocenters. The van der Waals surface area contributed by atoms with Crippen LogP contribution in [-0.4, -0.2) is 33.9 Å². The first-order valence-corrected chi connectivity index (χ1v) is 5.01. The Labute approximate surface area is 111 Å². The third-order valence-corrected chi connectivity index (χ3v) is 2.51. The van der Waals surface area contributed by atoms with E-state index in [1.807, 2.05) is 12.1 Å². The summed E-state index contributed by atoms with van der Waals surface area (Å²) in [4.78, 5) is 1.11. The van der Waals surface area contributed by atoms with Crippen LogP contribution in [0.5, 0.6) is 0 Å². The molecular weight excluding hydrogens is 209 g/mol. The molecule has 0 saturated carbocycles. The van der Waals surface area contributed by atoms with Crippen molar-refractivity contribution in [3.63, 3.8) is 0 Å². The molecule has 66 valence electrons. The molecule has 1 aromatic carbocycles. The van der Waals surface area contributed by atoms with Gasteiger partial charge >= 0.3 is 29.6 Å². The molecule has 0 unspecified atom stereocenters. The average Bonchev–Trinajstić information content (AvgIpc) is 2.05. The number of thioether (sulfide) groups is 1. The number of hydrogen-bond acceptors (Lipinski definition) is 2. The Bertz CT molecular complexity index is 271. The van der Waals surface area contributed by atoms with Crippen molar-refractivity contribution in [2.45, 2.75) is 18.2 Å². The Morgan fingerprint density at radius 2 is 1.92 bits per heavy atom. The van der Waals surface area contributed by atoms with Crippen molar-refractivity contribution in [1.29, 1.82) is 0 Å². The van der Waals surface area contributed by atoms with Crippen LogP contribution < -0.4 is 5.73 Å². The normalized spacial score (nSPS) is 9.00. The first kappa shape index (κ1) is 13.5. The van der Waals surface area contributed by atoms with Gasteiger partial charge in [-0.25, -0.2) is 0 Å². The Kier molecular flexibility index (Phi) is 7.09. The van der Waals surface area contributed by atoms with Gasteiger partial charge in [-0.2, -0.15) is 0 Å². The van der Waals surface area contributed by atoms with E-state index in [0.717, 1.165) is 11.3 Å². The van der Waals surface area contributed by atoms with Crippen molar-refractivity contribution in [3.8, 4) is 0 Å². The Hall–Kier alpha value is 0.460. The monoisotopic (exact) mass is 221 g/mol. The second-order valence-corrected chi connectivity index (χ2v) is 4.23. The molecular formula is C9H12NNaS2. The van der Waals surface area contributed by atoms with E-state index >= 15 is 0 Å². The molecule has 4 heteroatoms. The number of rotatable bonds is 2. The summed E-state index contributed by atoms with van der Waals surface area (Å²) in [5, 5.41) is 0. The van der Waals surface area contributed by atoms with Gasteiger partial charge in [0.15, 0.2) is 0 Å². The van der Waals surface area contributed by atoms with Crippen LogP contribution in [0.3, 0.4) is 0 Å². The molecule has 0 saturated heterocycles. The molecule has 0 aliphatic carbocycles. The van der Waals surface area contributed by atoms with E-state index in [2.05, 4.69) is 19.1 Å². The third-order valence-electron chi connectivity index (χ3n) is 1.55. The topological polar surface area (TPSA) is 26.0 Å². The van der Waals surface area contributed by atoms with Gasteiger partial charge in [0.1, 0.15) is 4.32 Å². The second-order valence-electron chi connectivity index (χ2n) is 2.42. The minimum absolute atomic E-state index is 0. The fourth-order valence-corrected chi connectivity index (χ4v) is 1.70. The third kappa shape index (κ3) is 5.03. The first-order valence-electron chi connectivity index (χ1n) is 3.78. The van der Waals surface area contributed by atoms with E-state index in [0.29, 0.717) is 4.32 Å². The summed E-state index contributed by atoms with van der Waals surface area (Å²) in [5.74, 6) is 0. The van der Waals surface area contributed by atoms with Gasteiger partial charge in [0.25, 0.3) is 0 Å².